The molecule has 6 heteroatoms. The van der Waals surface area contributed by atoms with Gasteiger partial charge in [-0.05, 0) is 33.5 Å². The lowest BCUT2D eigenvalue weighted by Crippen LogP contribution is -2.00. The van der Waals surface area contributed by atoms with Gasteiger partial charge in [0.05, 0.1) is 18.7 Å². The summed E-state index contributed by atoms with van der Waals surface area (Å²) in [6.07, 6.45) is 0. The standard InChI is InChI=1S/C14H17BrN2O3/c1-7(2)12-8(9-6-11(16)17-20-9)5-10(18-3)14(19-4)13(12)15/h5-7H,1-4H3,(H2,16,17). The van der Waals surface area contributed by atoms with Gasteiger partial charge in [-0.2, -0.15) is 0 Å². The molecule has 0 unspecified atom stereocenters. The molecule has 2 N–H and O–H groups in total. The van der Waals surface area contributed by atoms with Crippen LogP contribution in [0.4, 0.5) is 5.82 Å². The van der Waals surface area contributed by atoms with Gasteiger partial charge in [0.25, 0.3) is 0 Å². The first kappa shape index (κ1) is 14.7. The van der Waals surface area contributed by atoms with Gasteiger partial charge < -0.3 is 19.7 Å². The summed E-state index contributed by atoms with van der Waals surface area (Å²) in [5.41, 5.74) is 7.57. The fourth-order valence-corrected chi connectivity index (χ4v) is 3.18. The van der Waals surface area contributed by atoms with Crippen LogP contribution < -0.4 is 15.2 Å². The molecule has 0 aliphatic carbocycles. The molecule has 20 heavy (non-hydrogen) atoms. The quantitative estimate of drug-likeness (QED) is 0.915. The molecule has 0 aliphatic rings. The number of nitrogens with zero attached hydrogens (tertiary/aromatic N) is 1. The van der Waals surface area contributed by atoms with Gasteiger partial charge in [-0.15, -0.1) is 0 Å². The van der Waals surface area contributed by atoms with Crippen molar-refractivity contribution in [3.63, 3.8) is 0 Å². The van der Waals surface area contributed by atoms with Crippen molar-refractivity contribution in [2.75, 3.05) is 20.0 Å². The lowest BCUT2D eigenvalue weighted by Gasteiger charge is -2.18. The Morgan fingerprint density at radius 1 is 1.25 bits per heavy atom. The minimum absolute atomic E-state index is 0.255. The van der Waals surface area contributed by atoms with Crippen molar-refractivity contribution >= 4 is 21.7 Å². The van der Waals surface area contributed by atoms with Crippen LogP contribution >= 0.6 is 15.9 Å². The molecular weight excluding hydrogens is 324 g/mol. The van der Waals surface area contributed by atoms with Crippen molar-refractivity contribution < 1.29 is 14.0 Å². The zero-order valence-electron chi connectivity index (χ0n) is 11.9. The highest BCUT2D eigenvalue weighted by atomic mass is 79.9. The summed E-state index contributed by atoms with van der Waals surface area (Å²) in [4.78, 5) is 0. The van der Waals surface area contributed by atoms with E-state index in [4.69, 9.17) is 19.7 Å². The molecule has 2 rings (SSSR count). The molecule has 0 fully saturated rings. The molecular formula is C14H17BrN2O3. The smallest absolute Gasteiger partial charge is 0.175 e. The number of methoxy groups -OCH3 is 2. The van der Waals surface area contributed by atoms with Gasteiger partial charge in [0, 0.05) is 11.6 Å². The van der Waals surface area contributed by atoms with Crippen LogP contribution in [-0.2, 0) is 0 Å². The maximum Gasteiger partial charge on any atom is 0.175 e. The van der Waals surface area contributed by atoms with Gasteiger partial charge in [-0.3, -0.25) is 0 Å². The van der Waals surface area contributed by atoms with Gasteiger partial charge in [0.1, 0.15) is 0 Å². The minimum Gasteiger partial charge on any atom is -0.493 e. The Labute approximate surface area is 126 Å². The van der Waals surface area contributed by atoms with E-state index in [0.29, 0.717) is 23.1 Å². The number of benzene rings is 1. The fraction of sp³-hybridized carbons (Fsp3) is 0.357. The number of anilines is 1. The summed E-state index contributed by atoms with van der Waals surface area (Å²) in [6, 6.07) is 3.57. The Balaban J connectivity index is 2.75. The molecule has 0 aliphatic heterocycles. The Hall–Kier alpha value is -1.69. The summed E-state index contributed by atoms with van der Waals surface area (Å²) in [5, 5.41) is 3.74. The topological polar surface area (TPSA) is 70.5 Å². The molecule has 2 aromatic rings. The number of hydrogen-bond acceptors (Lipinski definition) is 5. The first-order chi connectivity index (χ1) is 9.49. The van der Waals surface area contributed by atoms with Gasteiger partial charge in [-0.25, -0.2) is 0 Å². The molecule has 0 saturated heterocycles. The van der Waals surface area contributed by atoms with Crippen LogP contribution in [0.5, 0.6) is 11.5 Å². The van der Waals surface area contributed by atoms with E-state index in [9.17, 15) is 0 Å². The van der Waals surface area contributed by atoms with E-state index in [-0.39, 0.29) is 5.92 Å². The van der Waals surface area contributed by atoms with Crippen molar-refractivity contribution in [3.05, 3.63) is 22.2 Å². The van der Waals surface area contributed by atoms with Crippen molar-refractivity contribution in [2.45, 2.75) is 19.8 Å². The molecule has 0 bridgehead atoms. The summed E-state index contributed by atoms with van der Waals surface area (Å²) in [6.45, 7) is 4.18. The van der Waals surface area contributed by atoms with Crippen molar-refractivity contribution in [1.29, 1.82) is 0 Å². The zero-order chi connectivity index (χ0) is 14.9. The molecule has 0 atom stereocenters. The second kappa shape index (κ2) is 5.75. The van der Waals surface area contributed by atoms with E-state index >= 15 is 0 Å². The second-order valence-electron chi connectivity index (χ2n) is 4.66. The van der Waals surface area contributed by atoms with E-state index in [1.54, 1.807) is 20.3 Å². The van der Waals surface area contributed by atoms with Gasteiger partial charge in [0.15, 0.2) is 23.1 Å². The summed E-state index contributed by atoms with van der Waals surface area (Å²) < 4.78 is 16.9. The van der Waals surface area contributed by atoms with E-state index in [1.807, 2.05) is 6.07 Å². The minimum atomic E-state index is 0.255. The number of ether oxygens (including phenoxy) is 2. The van der Waals surface area contributed by atoms with Gasteiger partial charge in [0.2, 0.25) is 0 Å². The third-order valence-corrected chi connectivity index (χ3v) is 3.81. The highest BCUT2D eigenvalue weighted by molar-refractivity contribution is 9.10. The highest BCUT2D eigenvalue weighted by Crippen LogP contribution is 2.46. The van der Waals surface area contributed by atoms with Gasteiger partial charge in [-0.1, -0.05) is 19.0 Å². The van der Waals surface area contributed by atoms with Crippen LogP contribution in [0.25, 0.3) is 11.3 Å². The molecule has 1 aromatic carbocycles. The van der Waals surface area contributed by atoms with E-state index in [0.717, 1.165) is 15.6 Å². The van der Waals surface area contributed by atoms with E-state index in [2.05, 4.69) is 34.9 Å². The lowest BCUT2D eigenvalue weighted by molar-refractivity contribution is 0.352. The predicted octanol–water partition coefficient (Wildman–Crippen LogP) is 3.83. The summed E-state index contributed by atoms with van der Waals surface area (Å²) in [7, 11) is 3.21. The van der Waals surface area contributed by atoms with Crippen LogP contribution in [0.3, 0.4) is 0 Å². The Morgan fingerprint density at radius 3 is 2.40 bits per heavy atom. The molecule has 1 aromatic heterocycles. The first-order valence-electron chi connectivity index (χ1n) is 6.16. The molecule has 5 nitrogen and oxygen atoms in total. The molecule has 0 amide bonds. The van der Waals surface area contributed by atoms with Gasteiger partial charge >= 0.3 is 0 Å². The van der Waals surface area contributed by atoms with Crippen LogP contribution in [0.1, 0.15) is 25.3 Å². The maximum absolute atomic E-state index is 5.63. The highest BCUT2D eigenvalue weighted by Gasteiger charge is 2.22. The number of nitrogen functional groups attached to an aromatic ring is 1. The monoisotopic (exact) mass is 340 g/mol. The van der Waals surface area contributed by atoms with Crippen molar-refractivity contribution in [3.8, 4) is 22.8 Å². The Bertz CT molecular complexity index is 623. The molecule has 108 valence electrons. The van der Waals surface area contributed by atoms with Crippen LogP contribution in [-0.4, -0.2) is 19.4 Å². The number of halogens is 1. The third-order valence-electron chi connectivity index (χ3n) is 3.02. The SMILES string of the molecule is COc1cc(-c2cc(N)no2)c(C(C)C)c(Br)c1OC. The second-order valence-corrected chi connectivity index (χ2v) is 5.45. The van der Waals surface area contributed by atoms with Crippen LogP contribution in [0.15, 0.2) is 21.1 Å². The Kier molecular flexibility index (Phi) is 4.23. The number of rotatable bonds is 4. The number of hydrogen-bond donors (Lipinski definition) is 1. The largest absolute Gasteiger partial charge is 0.493 e. The average molecular weight is 341 g/mol. The molecule has 0 radical (unpaired) electrons. The van der Waals surface area contributed by atoms with E-state index < -0.39 is 0 Å². The molecule has 0 spiro atoms. The first-order valence-corrected chi connectivity index (χ1v) is 6.95. The van der Waals surface area contributed by atoms with E-state index in [1.165, 1.54) is 0 Å². The van der Waals surface area contributed by atoms with Crippen LogP contribution in [0, 0.1) is 0 Å². The third kappa shape index (κ3) is 2.47. The Morgan fingerprint density at radius 2 is 1.95 bits per heavy atom. The zero-order valence-corrected chi connectivity index (χ0v) is 13.4. The van der Waals surface area contributed by atoms with Crippen molar-refractivity contribution in [2.24, 2.45) is 0 Å². The number of nitrogens with two attached hydrogens (primary N) is 1. The predicted molar refractivity (Wildman–Crippen MR) is 81.2 cm³/mol. The molecule has 1 heterocycles. The fourth-order valence-electron chi connectivity index (χ4n) is 2.15. The maximum atomic E-state index is 5.63. The van der Waals surface area contributed by atoms with Crippen molar-refractivity contribution in [1.82, 2.24) is 5.16 Å². The average Bonchev–Trinajstić information content (AvgIpc) is 2.83. The lowest BCUT2D eigenvalue weighted by atomic mass is 9.95. The normalized spacial score (nSPS) is 10.9. The summed E-state index contributed by atoms with van der Waals surface area (Å²) >= 11 is 3.59. The van der Waals surface area contributed by atoms with Crippen LogP contribution in [0.2, 0.25) is 0 Å². The molecule has 0 saturated carbocycles. The number of aromatic nitrogens is 1. The summed E-state index contributed by atoms with van der Waals surface area (Å²) in [5.74, 6) is 2.49.